The highest BCUT2D eigenvalue weighted by molar-refractivity contribution is 7.89. The maximum Gasteiger partial charge on any atom is 0.211 e. The zero-order valence-electron chi connectivity index (χ0n) is 13.4. The van der Waals surface area contributed by atoms with Gasteiger partial charge in [-0.1, -0.05) is 19.1 Å². The van der Waals surface area contributed by atoms with Crippen molar-refractivity contribution in [1.82, 2.24) is 14.3 Å². The Bertz CT molecular complexity index is 739. The summed E-state index contributed by atoms with van der Waals surface area (Å²) in [6.07, 6.45) is 2.87. The maximum atomic E-state index is 13.0. The molecule has 0 spiro atoms. The minimum atomic E-state index is -3.20. The smallest absolute Gasteiger partial charge is 0.211 e. The van der Waals surface area contributed by atoms with E-state index in [4.69, 9.17) is 0 Å². The molecule has 0 bridgehead atoms. The summed E-state index contributed by atoms with van der Waals surface area (Å²) in [6, 6.07) is 6.34. The number of benzene rings is 1. The van der Waals surface area contributed by atoms with Crippen LogP contribution in [0, 0.1) is 12.7 Å². The van der Waals surface area contributed by atoms with Crippen molar-refractivity contribution in [3.05, 3.63) is 53.4 Å². The topological polar surface area (TPSA) is 64.0 Å². The Morgan fingerprint density at radius 3 is 2.61 bits per heavy atom. The quantitative estimate of drug-likeness (QED) is 0.802. The maximum absolute atomic E-state index is 13.0. The van der Waals surface area contributed by atoms with Crippen LogP contribution in [0.1, 0.15) is 30.4 Å². The standard InChI is InChI=1S/C16H22FN3O2S/c1-3-10-23(21,22)19-9-8-16-18-11-13(2)20(16)12-14-4-6-15(17)7-5-14/h4-7,11,19H,3,8-10,12H2,1-2H3. The molecule has 0 aliphatic heterocycles. The second kappa shape index (κ2) is 7.70. The first-order chi connectivity index (χ1) is 10.9. The summed E-state index contributed by atoms with van der Waals surface area (Å²) in [7, 11) is -3.20. The summed E-state index contributed by atoms with van der Waals surface area (Å²) in [5, 5.41) is 0. The molecule has 0 atom stereocenters. The normalized spacial score (nSPS) is 11.8. The Labute approximate surface area is 136 Å². The van der Waals surface area contributed by atoms with Crippen LogP contribution < -0.4 is 4.72 Å². The van der Waals surface area contributed by atoms with Gasteiger partial charge in [-0.05, 0) is 31.0 Å². The molecule has 1 aromatic carbocycles. The van der Waals surface area contributed by atoms with E-state index in [-0.39, 0.29) is 11.6 Å². The number of halogens is 1. The van der Waals surface area contributed by atoms with Crippen molar-refractivity contribution in [2.45, 2.75) is 33.2 Å². The van der Waals surface area contributed by atoms with Crippen LogP contribution in [0.25, 0.3) is 0 Å². The van der Waals surface area contributed by atoms with Crippen LogP contribution in [0.3, 0.4) is 0 Å². The molecular weight excluding hydrogens is 317 g/mol. The minimum absolute atomic E-state index is 0.135. The van der Waals surface area contributed by atoms with Gasteiger partial charge in [0, 0.05) is 31.4 Å². The number of sulfonamides is 1. The molecule has 0 aliphatic carbocycles. The van der Waals surface area contributed by atoms with E-state index in [0.29, 0.717) is 25.9 Å². The summed E-state index contributed by atoms with van der Waals surface area (Å²) in [4.78, 5) is 4.35. The third-order valence-electron chi connectivity index (χ3n) is 3.54. The third kappa shape index (κ3) is 5.14. The summed E-state index contributed by atoms with van der Waals surface area (Å²) in [5.41, 5.74) is 1.96. The average molecular weight is 339 g/mol. The molecule has 0 saturated heterocycles. The highest BCUT2D eigenvalue weighted by atomic mass is 32.2. The van der Waals surface area contributed by atoms with Crippen LogP contribution in [0.4, 0.5) is 4.39 Å². The SMILES string of the molecule is CCCS(=O)(=O)NCCc1ncc(C)n1Cc1ccc(F)cc1. The lowest BCUT2D eigenvalue weighted by Crippen LogP contribution is -2.28. The lowest BCUT2D eigenvalue weighted by Gasteiger charge is -2.11. The molecule has 0 fully saturated rings. The molecule has 0 amide bonds. The molecular formula is C16H22FN3O2S. The molecule has 2 rings (SSSR count). The number of aromatic nitrogens is 2. The van der Waals surface area contributed by atoms with Crippen LogP contribution in [0.15, 0.2) is 30.5 Å². The molecule has 0 radical (unpaired) electrons. The number of imidazole rings is 1. The van der Waals surface area contributed by atoms with E-state index in [0.717, 1.165) is 17.1 Å². The van der Waals surface area contributed by atoms with Crippen LogP contribution in [0.2, 0.25) is 0 Å². The van der Waals surface area contributed by atoms with Crippen molar-refractivity contribution in [3.8, 4) is 0 Å². The van der Waals surface area contributed by atoms with Crippen molar-refractivity contribution < 1.29 is 12.8 Å². The average Bonchev–Trinajstić information content (AvgIpc) is 2.82. The fraction of sp³-hybridized carbons (Fsp3) is 0.438. The third-order valence-corrected chi connectivity index (χ3v) is 5.12. The van der Waals surface area contributed by atoms with Gasteiger partial charge in [-0.2, -0.15) is 0 Å². The van der Waals surface area contributed by atoms with E-state index in [1.54, 1.807) is 18.3 Å². The second-order valence-electron chi connectivity index (χ2n) is 5.49. The number of hydrogen-bond donors (Lipinski definition) is 1. The van der Waals surface area contributed by atoms with Gasteiger partial charge in [0.15, 0.2) is 0 Å². The fourth-order valence-electron chi connectivity index (χ4n) is 2.36. The predicted octanol–water partition coefficient (Wildman–Crippen LogP) is 2.25. The second-order valence-corrected chi connectivity index (χ2v) is 7.42. The zero-order chi connectivity index (χ0) is 16.9. The van der Waals surface area contributed by atoms with Gasteiger partial charge in [-0.3, -0.25) is 0 Å². The molecule has 1 aromatic heterocycles. The Kier molecular flexibility index (Phi) is 5.90. The van der Waals surface area contributed by atoms with Crippen molar-refractivity contribution in [1.29, 1.82) is 0 Å². The van der Waals surface area contributed by atoms with Gasteiger partial charge in [-0.25, -0.2) is 22.5 Å². The largest absolute Gasteiger partial charge is 0.328 e. The first kappa shape index (κ1) is 17.6. The van der Waals surface area contributed by atoms with Gasteiger partial charge in [0.05, 0.1) is 5.75 Å². The minimum Gasteiger partial charge on any atom is -0.328 e. The summed E-state index contributed by atoms with van der Waals surface area (Å²) < 4.78 is 40.9. The molecule has 1 heterocycles. The number of hydrogen-bond acceptors (Lipinski definition) is 3. The number of nitrogens with one attached hydrogen (secondary N) is 1. The van der Waals surface area contributed by atoms with Gasteiger partial charge in [0.2, 0.25) is 10.0 Å². The molecule has 1 N–H and O–H groups in total. The zero-order valence-corrected chi connectivity index (χ0v) is 14.2. The first-order valence-electron chi connectivity index (χ1n) is 7.64. The molecule has 0 aliphatic rings. The van der Waals surface area contributed by atoms with Gasteiger partial charge < -0.3 is 4.57 Å². The molecule has 0 unspecified atom stereocenters. The number of aryl methyl sites for hydroxylation is 1. The molecule has 23 heavy (non-hydrogen) atoms. The van der Waals surface area contributed by atoms with Crippen molar-refractivity contribution in [2.75, 3.05) is 12.3 Å². The van der Waals surface area contributed by atoms with Gasteiger partial charge in [-0.15, -0.1) is 0 Å². The molecule has 7 heteroatoms. The monoisotopic (exact) mass is 339 g/mol. The van der Waals surface area contributed by atoms with Crippen LogP contribution in [0.5, 0.6) is 0 Å². The predicted molar refractivity (Wildman–Crippen MR) is 88.3 cm³/mol. The van der Waals surface area contributed by atoms with Crippen LogP contribution in [-0.4, -0.2) is 30.3 Å². The summed E-state index contributed by atoms with van der Waals surface area (Å²) in [6.45, 7) is 4.69. The molecule has 126 valence electrons. The number of rotatable bonds is 8. The van der Waals surface area contributed by atoms with Gasteiger partial charge in [0.25, 0.3) is 0 Å². The van der Waals surface area contributed by atoms with Gasteiger partial charge >= 0.3 is 0 Å². The fourth-order valence-corrected chi connectivity index (χ4v) is 3.45. The Morgan fingerprint density at radius 1 is 1.26 bits per heavy atom. The Morgan fingerprint density at radius 2 is 1.96 bits per heavy atom. The molecule has 2 aromatic rings. The molecule has 0 saturated carbocycles. The van der Waals surface area contributed by atoms with E-state index in [2.05, 4.69) is 9.71 Å². The highest BCUT2D eigenvalue weighted by Crippen LogP contribution is 2.11. The number of nitrogens with zero attached hydrogens (tertiary/aromatic N) is 2. The summed E-state index contributed by atoms with van der Waals surface area (Å²) in [5.74, 6) is 0.684. The lowest BCUT2D eigenvalue weighted by molar-refractivity contribution is 0.578. The van der Waals surface area contributed by atoms with E-state index in [1.807, 2.05) is 18.4 Å². The van der Waals surface area contributed by atoms with Gasteiger partial charge in [0.1, 0.15) is 11.6 Å². The van der Waals surface area contributed by atoms with Crippen LogP contribution >= 0.6 is 0 Å². The van der Waals surface area contributed by atoms with Crippen molar-refractivity contribution in [2.24, 2.45) is 0 Å². The van der Waals surface area contributed by atoms with E-state index < -0.39 is 10.0 Å². The van der Waals surface area contributed by atoms with Crippen molar-refractivity contribution in [3.63, 3.8) is 0 Å². The van der Waals surface area contributed by atoms with E-state index in [9.17, 15) is 12.8 Å². The van der Waals surface area contributed by atoms with Crippen LogP contribution in [-0.2, 0) is 23.0 Å². The summed E-state index contributed by atoms with van der Waals surface area (Å²) >= 11 is 0. The first-order valence-corrected chi connectivity index (χ1v) is 9.29. The Hall–Kier alpha value is -1.73. The Balaban J connectivity index is 2.02. The lowest BCUT2D eigenvalue weighted by atomic mass is 10.2. The van der Waals surface area contributed by atoms with E-state index >= 15 is 0 Å². The molecule has 5 nitrogen and oxygen atoms in total. The highest BCUT2D eigenvalue weighted by Gasteiger charge is 2.11. The van der Waals surface area contributed by atoms with E-state index in [1.165, 1.54) is 12.1 Å². The van der Waals surface area contributed by atoms with Crippen molar-refractivity contribution >= 4 is 10.0 Å².